The van der Waals surface area contributed by atoms with Crippen LogP contribution in [0, 0.1) is 17.0 Å². The van der Waals surface area contributed by atoms with Gasteiger partial charge in [-0.1, -0.05) is 38.9 Å². The zero-order chi connectivity index (χ0) is 17.1. The third-order valence-corrected chi connectivity index (χ3v) is 4.35. The predicted molar refractivity (Wildman–Crippen MR) is 86.2 cm³/mol. The summed E-state index contributed by atoms with van der Waals surface area (Å²) in [4.78, 5) is 5.73. The van der Waals surface area contributed by atoms with E-state index in [9.17, 15) is 8.78 Å². The lowest BCUT2D eigenvalue weighted by Gasteiger charge is -2.36. The summed E-state index contributed by atoms with van der Waals surface area (Å²) in [5, 5.41) is 4.27. The molecule has 1 aromatic carbocycles. The van der Waals surface area contributed by atoms with E-state index in [0.29, 0.717) is 0 Å². The molecule has 0 saturated heterocycles. The minimum Gasteiger partial charge on any atom is -0.387 e. The van der Waals surface area contributed by atoms with Crippen LogP contribution in [-0.4, -0.2) is 17.9 Å². The highest BCUT2D eigenvalue weighted by atomic mass is 19.1. The van der Waals surface area contributed by atoms with Gasteiger partial charge in [0.25, 0.3) is 0 Å². The lowest BCUT2D eigenvalue weighted by atomic mass is 9.83. The van der Waals surface area contributed by atoms with Crippen LogP contribution in [0.5, 0.6) is 0 Å². The van der Waals surface area contributed by atoms with Gasteiger partial charge >= 0.3 is 0 Å². The number of oxime groups is 1. The Morgan fingerprint density at radius 1 is 1.26 bits per heavy atom. The van der Waals surface area contributed by atoms with Crippen LogP contribution < -0.4 is 0 Å². The highest BCUT2D eigenvalue weighted by Gasteiger charge is 2.37. The molecule has 1 atom stereocenters. The van der Waals surface area contributed by atoms with Crippen LogP contribution in [0.15, 0.2) is 23.4 Å². The number of rotatable bonds is 5. The molecule has 0 spiro atoms. The van der Waals surface area contributed by atoms with Gasteiger partial charge in [-0.15, -0.1) is 0 Å². The minimum absolute atomic E-state index is 0.0168. The third kappa shape index (κ3) is 4.28. The van der Waals surface area contributed by atoms with Crippen LogP contribution in [0.2, 0.25) is 0 Å². The van der Waals surface area contributed by atoms with E-state index in [4.69, 9.17) is 9.57 Å². The standard InChI is InChI=1S/C18H25F2NO2/c1-5-18(10-9-16(21-23-18)17(2,3)4)12-22-11-13-14(19)7-6-8-15(13)20/h6-8H,5,9-12H2,1-4H3. The van der Waals surface area contributed by atoms with Crippen molar-refractivity contribution in [2.45, 2.75) is 59.2 Å². The summed E-state index contributed by atoms with van der Waals surface area (Å²) < 4.78 is 32.8. The van der Waals surface area contributed by atoms with E-state index in [1.165, 1.54) is 18.2 Å². The third-order valence-electron chi connectivity index (χ3n) is 4.35. The molecule has 0 amide bonds. The second kappa shape index (κ2) is 6.95. The van der Waals surface area contributed by atoms with E-state index >= 15 is 0 Å². The maximum Gasteiger partial charge on any atom is 0.160 e. The van der Waals surface area contributed by atoms with Crippen LogP contribution in [0.1, 0.15) is 52.5 Å². The molecule has 1 aliphatic heterocycles. The Hall–Kier alpha value is -1.49. The van der Waals surface area contributed by atoms with Gasteiger partial charge in [0.2, 0.25) is 0 Å². The van der Waals surface area contributed by atoms with E-state index in [2.05, 4.69) is 25.9 Å². The minimum atomic E-state index is -0.590. The summed E-state index contributed by atoms with van der Waals surface area (Å²) in [5.41, 5.74) is 0.447. The Labute approximate surface area is 136 Å². The zero-order valence-electron chi connectivity index (χ0n) is 14.3. The summed E-state index contributed by atoms with van der Waals surface area (Å²) in [6, 6.07) is 3.80. The highest BCUT2D eigenvalue weighted by molar-refractivity contribution is 5.89. The molecule has 5 heteroatoms. The predicted octanol–water partition coefficient (Wildman–Crippen LogP) is 4.84. The lowest BCUT2D eigenvalue weighted by molar-refractivity contribution is -0.115. The van der Waals surface area contributed by atoms with E-state index in [0.717, 1.165) is 25.0 Å². The number of halogens is 2. The molecule has 0 bridgehead atoms. The van der Waals surface area contributed by atoms with Gasteiger partial charge in [-0.2, -0.15) is 0 Å². The van der Waals surface area contributed by atoms with Gasteiger partial charge < -0.3 is 9.57 Å². The molecule has 3 nitrogen and oxygen atoms in total. The molecule has 0 saturated carbocycles. The van der Waals surface area contributed by atoms with Crippen LogP contribution in [-0.2, 0) is 16.2 Å². The van der Waals surface area contributed by atoms with Crippen molar-refractivity contribution < 1.29 is 18.4 Å². The molecule has 23 heavy (non-hydrogen) atoms. The highest BCUT2D eigenvalue weighted by Crippen LogP contribution is 2.32. The molecule has 0 fully saturated rings. The van der Waals surface area contributed by atoms with E-state index in [1.807, 2.05) is 6.92 Å². The lowest BCUT2D eigenvalue weighted by Crippen LogP contribution is -2.41. The molecule has 1 aliphatic rings. The number of benzene rings is 1. The molecule has 0 N–H and O–H groups in total. The van der Waals surface area contributed by atoms with Crippen molar-refractivity contribution in [3.05, 3.63) is 35.4 Å². The SMILES string of the molecule is CCC1(COCc2c(F)cccc2F)CCC(C(C)(C)C)=NO1. The van der Waals surface area contributed by atoms with E-state index in [-0.39, 0.29) is 24.2 Å². The second-order valence-corrected chi connectivity index (χ2v) is 7.11. The maximum absolute atomic E-state index is 13.6. The molecule has 1 aromatic rings. The number of hydrogen-bond donors (Lipinski definition) is 0. The number of ether oxygens (including phenoxy) is 1. The van der Waals surface area contributed by atoms with Gasteiger partial charge in [-0.3, -0.25) is 0 Å². The first-order valence-corrected chi connectivity index (χ1v) is 8.03. The van der Waals surface area contributed by atoms with Crippen molar-refractivity contribution in [1.29, 1.82) is 0 Å². The van der Waals surface area contributed by atoms with Crippen LogP contribution in [0.3, 0.4) is 0 Å². The first-order chi connectivity index (χ1) is 10.8. The largest absolute Gasteiger partial charge is 0.387 e. The summed E-state index contributed by atoms with van der Waals surface area (Å²) in [6.07, 6.45) is 2.36. The van der Waals surface area contributed by atoms with Gasteiger partial charge in [0.15, 0.2) is 5.60 Å². The van der Waals surface area contributed by atoms with Crippen molar-refractivity contribution in [2.24, 2.45) is 10.6 Å². The maximum atomic E-state index is 13.6. The summed E-state index contributed by atoms with van der Waals surface area (Å²) in [7, 11) is 0. The second-order valence-electron chi connectivity index (χ2n) is 7.11. The first-order valence-electron chi connectivity index (χ1n) is 8.03. The van der Waals surface area contributed by atoms with Gasteiger partial charge in [-0.25, -0.2) is 8.78 Å². The monoisotopic (exact) mass is 325 g/mol. The fourth-order valence-corrected chi connectivity index (χ4v) is 2.55. The average molecular weight is 325 g/mol. The topological polar surface area (TPSA) is 30.8 Å². The fourth-order valence-electron chi connectivity index (χ4n) is 2.55. The summed E-state index contributed by atoms with van der Waals surface area (Å²) in [5.74, 6) is -1.18. The smallest absolute Gasteiger partial charge is 0.160 e. The molecule has 1 unspecified atom stereocenters. The van der Waals surface area contributed by atoms with E-state index in [1.54, 1.807) is 0 Å². The first kappa shape index (κ1) is 17.9. The Morgan fingerprint density at radius 2 is 1.91 bits per heavy atom. The normalized spacial score (nSPS) is 21.7. The Bertz CT molecular complexity index is 561. The van der Waals surface area contributed by atoms with Gasteiger partial charge in [0.05, 0.1) is 18.9 Å². The molecular formula is C18H25F2NO2. The van der Waals surface area contributed by atoms with Crippen LogP contribution >= 0.6 is 0 Å². The van der Waals surface area contributed by atoms with Crippen molar-refractivity contribution >= 4 is 5.71 Å². The van der Waals surface area contributed by atoms with Gasteiger partial charge in [0, 0.05) is 11.0 Å². The van der Waals surface area contributed by atoms with Crippen molar-refractivity contribution in [2.75, 3.05) is 6.61 Å². The molecule has 2 rings (SSSR count). The van der Waals surface area contributed by atoms with E-state index < -0.39 is 17.2 Å². The molecule has 0 radical (unpaired) electrons. The summed E-state index contributed by atoms with van der Waals surface area (Å²) >= 11 is 0. The molecular weight excluding hydrogens is 300 g/mol. The Balaban J connectivity index is 1.98. The quantitative estimate of drug-likeness (QED) is 0.775. The van der Waals surface area contributed by atoms with Crippen molar-refractivity contribution in [1.82, 2.24) is 0 Å². The average Bonchev–Trinajstić information content (AvgIpc) is 2.50. The van der Waals surface area contributed by atoms with Gasteiger partial charge in [-0.05, 0) is 31.4 Å². The Morgan fingerprint density at radius 3 is 2.39 bits per heavy atom. The summed E-state index contributed by atoms with van der Waals surface area (Å²) in [6.45, 7) is 8.46. The van der Waals surface area contributed by atoms with Crippen LogP contribution in [0.25, 0.3) is 0 Å². The van der Waals surface area contributed by atoms with Crippen LogP contribution in [0.4, 0.5) is 8.78 Å². The van der Waals surface area contributed by atoms with Crippen molar-refractivity contribution in [3.8, 4) is 0 Å². The van der Waals surface area contributed by atoms with Gasteiger partial charge in [0.1, 0.15) is 11.6 Å². The number of nitrogens with zero attached hydrogens (tertiary/aromatic N) is 1. The zero-order valence-corrected chi connectivity index (χ0v) is 14.3. The number of hydrogen-bond acceptors (Lipinski definition) is 3. The molecule has 1 heterocycles. The fraction of sp³-hybridized carbons (Fsp3) is 0.611. The van der Waals surface area contributed by atoms with Crippen molar-refractivity contribution in [3.63, 3.8) is 0 Å². The molecule has 128 valence electrons. The Kier molecular flexibility index (Phi) is 5.40. The molecule has 0 aromatic heterocycles. The molecule has 0 aliphatic carbocycles.